The van der Waals surface area contributed by atoms with Gasteiger partial charge in [-0.1, -0.05) is 41.9 Å². The van der Waals surface area contributed by atoms with E-state index in [0.29, 0.717) is 0 Å². The van der Waals surface area contributed by atoms with Crippen molar-refractivity contribution in [2.45, 2.75) is 13.0 Å². The van der Waals surface area contributed by atoms with Crippen LogP contribution in [0.1, 0.15) is 11.1 Å². The molecule has 20 heavy (non-hydrogen) atoms. The molecule has 108 valence electrons. The Labute approximate surface area is 131 Å². The molecule has 0 saturated heterocycles. The normalized spacial score (nSPS) is 9.90. The number of ether oxygens (including phenoxy) is 1. The van der Waals surface area contributed by atoms with Gasteiger partial charge in [0.2, 0.25) is 0 Å². The lowest BCUT2D eigenvalue weighted by Gasteiger charge is -2.10. The number of methoxy groups -OCH3 is 1. The van der Waals surface area contributed by atoms with Crippen LogP contribution in [0.15, 0.2) is 48.5 Å². The van der Waals surface area contributed by atoms with Gasteiger partial charge in [0.15, 0.2) is 0 Å². The highest BCUT2D eigenvalue weighted by Crippen LogP contribution is 2.22. The predicted octanol–water partition coefficient (Wildman–Crippen LogP) is 4.10. The number of benzene rings is 2. The fraction of sp³-hybridized carbons (Fsp3) is 0.250. The lowest BCUT2D eigenvalue weighted by atomic mass is 10.1. The van der Waals surface area contributed by atoms with E-state index in [1.54, 1.807) is 7.11 Å². The Hall–Kier alpha value is -1.22. The van der Waals surface area contributed by atoms with Crippen molar-refractivity contribution in [3.8, 4) is 5.75 Å². The molecule has 0 amide bonds. The summed E-state index contributed by atoms with van der Waals surface area (Å²) in [5.41, 5.74) is 2.43. The minimum atomic E-state index is 0. The Kier molecular flexibility index (Phi) is 7.45. The highest BCUT2D eigenvalue weighted by molar-refractivity contribution is 6.30. The Balaban J connectivity index is 0.00000200. The summed E-state index contributed by atoms with van der Waals surface area (Å²) in [4.78, 5) is 0. The van der Waals surface area contributed by atoms with Gasteiger partial charge >= 0.3 is 0 Å². The minimum absolute atomic E-state index is 0. The standard InChI is InChI=1S/C16H18ClNO.ClH/c1-19-16-8-7-15(17)11-14(16)12-18-10-9-13-5-3-2-4-6-13;/h2-8,11,18H,9-10,12H2,1H3;1H. The summed E-state index contributed by atoms with van der Waals surface area (Å²) in [6, 6.07) is 16.1. The van der Waals surface area contributed by atoms with Crippen molar-refractivity contribution in [2.24, 2.45) is 0 Å². The van der Waals surface area contributed by atoms with Gasteiger partial charge in [-0.2, -0.15) is 0 Å². The second-order valence-corrected chi connectivity index (χ2v) is 4.80. The van der Waals surface area contributed by atoms with Crippen LogP contribution in [0.3, 0.4) is 0 Å². The fourth-order valence-electron chi connectivity index (χ4n) is 1.99. The molecule has 0 aliphatic heterocycles. The average Bonchev–Trinajstić information content (AvgIpc) is 2.45. The molecular formula is C16H19Cl2NO. The van der Waals surface area contributed by atoms with Crippen molar-refractivity contribution in [1.29, 1.82) is 0 Å². The molecule has 0 aliphatic carbocycles. The van der Waals surface area contributed by atoms with E-state index < -0.39 is 0 Å². The number of rotatable bonds is 6. The molecule has 0 heterocycles. The zero-order valence-electron chi connectivity index (χ0n) is 11.4. The van der Waals surface area contributed by atoms with E-state index in [9.17, 15) is 0 Å². The molecule has 0 unspecified atom stereocenters. The first-order valence-electron chi connectivity index (χ1n) is 6.36. The summed E-state index contributed by atoms with van der Waals surface area (Å²) in [7, 11) is 1.68. The van der Waals surface area contributed by atoms with E-state index in [1.165, 1.54) is 5.56 Å². The van der Waals surface area contributed by atoms with Crippen LogP contribution in [-0.4, -0.2) is 13.7 Å². The molecule has 0 bridgehead atoms. The molecule has 0 saturated carbocycles. The van der Waals surface area contributed by atoms with Gasteiger partial charge < -0.3 is 10.1 Å². The Morgan fingerprint density at radius 3 is 2.55 bits per heavy atom. The Morgan fingerprint density at radius 1 is 1.10 bits per heavy atom. The fourth-order valence-corrected chi connectivity index (χ4v) is 2.18. The SMILES string of the molecule is COc1ccc(Cl)cc1CNCCc1ccccc1.Cl. The number of nitrogens with one attached hydrogen (secondary N) is 1. The second-order valence-electron chi connectivity index (χ2n) is 4.37. The van der Waals surface area contributed by atoms with E-state index in [4.69, 9.17) is 16.3 Å². The maximum absolute atomic E-state index is 6.00. The van der Waals surface area contributed by atoms with E-state index >= 15 is 0 Å². The molecule has 2 rings (SSSR count). The molecule has 0 fully saturated rings. The smallest absolute Gasteiger partial charge is 0.123 e. The largest absolute Gasteiger partial charge is 0.496 e. The molecule has 2 aromatic rings. The summed E-state index contributed by atoms with van der Waals surface area (Å²) < 4.78 is 5.32. The van der Waals surface area contributed by atoms with Gasteiger partial charge in [-0.05, 0) is 36.7 Å². The molecule has 2 nitrogen and oxygen atoms in total. The molecule has 0 spiro atoms. The number of halogens is 2. The van der Waals surface area contributed by atoms with Gasteiger partial charge in [-0.3, -0.25) is 0 Å². The van der Waals surface area contributed by atoms with Gasteiger partial charge in [0, 0.05) is 17.1 Å². The molecule has 4 heteroatoms. The van der Waals surface area contributed by atoms with Crippen LogP contribution in [0, 0.1) is 0 Å². The van der Waals surface area contributed by atoms with E-state index in [1.807, 2.05) is 24.3 Å². The first kappa shape index (κ1) is 16.8. The van der Waals surface area contributed by atoms with Crippen molar-refractivity contribution in [2.75, 3.05) is 13.7 Å². The summed E-state index contributed by atoms with van der Waals surface area (Å²) in [5.74, 6) is 0.872. The first-order chi connectivity index (χ1) is 9.29. The molecule has 0 aliphatic rings. The van der Waals surface area contributed by atoms with E-state index in [2.05, 4.69) is 29.6 Å². The monoisotopic (exact) mass is 311 g/mol. The van der Waals surface area contributed by atoms with Crippen LogP contribution < -0.4 is 10.1 Å². The van der Waals surface area contributed by atoms with Crippen molar-refractivity contribution >= 4 is 24.0 Å². The zero-order valence-corrected chi connectivity index (χ0v) is 13.0. The van der Waals surface area contributed by atoms with Crippen molar-refractivity contribution in [3.05, 3.63) is 64.7 Å². The maximum atomic E-state index is 6.00. The van der Waals surface area contributed by atoms with Crippen molar-refractivity contribution in [3.63, 3.8) is 0 Å². The molecule has 2 aromatic carbocycles. The highest BCUT2D eigenvalue weighted by atomic mass is 35.5. The van der Waals surface area contributed by atoms with Gasteiger partial charge in [0.05, 0.1) is 7.11 Å². The topological polar surface area (TPSA) is 21.3 Å². The molecule has 0 radical (unpaired) electrons. The van der Waals surface area contributed by atoms with Crippen LogP contribution in [-0.2, 0) is 13.0 Å². The summed E-state index contributed by atoms with van der Waals surface area (Å²) in [6.07, 6.45) is 1.02. The molecule has 0 aromatic heterocycles. The Bertz CT molecular complexity index is 517. The van der Waals surface area contributed by atoms with E-state index in [-0.39, 0.29) is 12.4 Å². The minimum Gasteiger partial charge on any atom is -0.496 e. The van der Waals surface area contributed by atoms with Gasteiger partial charge in [0.1, 0.15) is 5.75 Å². The van der Waals surface area contributed by atoms with Gasteiger partial charge in [-0.25, -0.2) is 0 Å². The predicted molar refractivity (Wildman–Crippen MR) is 87.1 cm³/mol. The van der Waals surface area contributed by atoms with Crippen LogP contribution in [0.2, 0.25) is 5.02 Å². The number of hydrogen-bond donors (Lipinski definition) is 1. The molecule has 1 N–H and O–H groups in total. The van der Waals surface area contributed by atoms with Crippen LogP contribution in [0.25, 0.3) is 0 Å². The molecular weight excluding hydrogens is 293 g/mol. The van der Waals surface area contributed by atoms with Crippen LogP contribution in [0.5, 0.6) is 5.75 Å². The quantitative estimate of drug-likeness (QED) is 0.811. The molecule has 0 atom stereocenters. The average molecular weight is 312 g/mol. The van der Waals surface area contributed by atoms with Gasteiger partial charge in [0.25, 0.3) is 0 Å². The highest BCUT2D eigenvalue weighted by Gasteiger charge is 2.03. The first-order valence-corrected chi connectivity index (χ1v) is 6.74. The van der Waals surface area contributed by atoms with Crippen molar-refractivity contribution < 1.29 is 4.74 Å². The van der Waals surface area contributed by atoms with E-state index in [0.717, 1.165) is 35.8 Å². The second kappa shape index (κ2) is 8.85. The third-order valence-corrected chi connectivity index (χ3v) is 3.23. The summed E-state index contributed by atoms with van der Waals surface area (Å²) >= 11 is 6.00. The number of hydrogen-bond acceptors (Lipinski definition) is 2. The Morgan fingerprint density at radius 2 is 1.85 bits per heavy atom. The third-order valence-electron chi connectivity index (χ3n) is 2.99. The maximum Gasteiger partial charge on any atom is 0.123 e. The lowest BCUT2D eigenvalue weighted by Crippen LogP contribution is -2.17. The van der Waals surface area contributed by atoms with Crippen molar-refractivity contribution in [1.82, 2.24) is 5.32 Å². The van der Waals surface area contributed by atoms with Gasteiger partial charge in [-0.15, -0.1) is 12.4 Å². The third kappa shape index (κ3) is 5.04. The van der Waals surface area contributed by atoms with Crippen LogP contribution >= 0.6 is 24.0 Å². The summed E-state index contributed by atoms with van der Waals surface area (Å²) in [5, 5.41) is 4.15. The van der Waals surface area contributed by atoms with Crippen LogP contribution in [0.4, 0.5) is 0 Å². The lowest BCUT2D eigenvalue weighted by molar-refractivity contribution is 0.408. The zero-order chi connectivity index (χ0) is 13.5. The summed E-state index contributed by atoms with van der Waals surface area (Å²) in [6.45, 7) is 1.69.